The van der Waals surface area contributed by atoms with E-state index in [-0.39, 0.29) is 21.7 Å². The zero-order valence-electron chi connectivity index (χ0n) is 20.6. The third kappa shape index (κ3) is 5.04. The van der Waals surface area contributed by atoms with Crippen LogP contribution in [-0.2, 0) is 25.0 Å². The summed E-state index contributed by atoms with van der Waals surface area (Å²) in [5, 5.41) is 0. The molecule has 3 aromatic rings. The summed E-state index contributed by atoms with van der Waals surface area (Å²) in [7, 11) is -1.91. The van der Waals surface area contributed by atoms with Gasteiger partial charge in [0, 0.05) is 35.6 Å². The zero-order chi connectivity index (χ0) is 26.1. The molecule has 1 aliphatic heterocycles. The number of nitrogens with zero attached hydrogens (tertiary/aromatic N) is 1. The lowest BCUT2D eigenvalue weighted by atomic mass is 9.83. The molecule has 0 fully saturated rings. The maximum Gasteiger partial charge on any atom is 0.338 e. The molecule has 0 radical (unpaired) electrons. The number of carbonyl (C=O) groups is 2. The molecule has 0 atom stereocenters. The first-order valence-corrected chi connectivity index (χ1v) is 12.9. The van der Waals surface area contributed by atoms with Gasteiger partial charge >= 0.3 is 5.97 Å². The highest BCUT2D eigenvalue weighted by Crippen LogP contribution is 2.46. The molecule has 1 aliphatic rings. The summed E-state index contributed by atoms with van der Waals surface area (Å²) < 4.78 is 33.0. The van der Waals surface area contributed by atoms with Gasteiger partial charge in [-0.3, -0.25) is 9.52 Å². The first-order chi connectivity index (χ1) is 17.0. The van der Waals surface area contributed by atoms with Crippen LogP contribution in [0.15, 0.2) is 89.5 Å². The van der Waals surface area contributed by atoms with Crippen molar-refractivity contribution in [2.24, 2.45) is 0 Å². The predicted molar refractivity (Wildman–Crippen MR) is 140 cm³/mol. The fourth-order valence-corrected chi connectivity index (χ4v) is 5.34. The summed E-state index contributed by atoms with van der Waals surface area (Å²) in [5.74, 6) is -1.05. The summed E-state index contributed by atoms with van der Waals surface area (Å²) in [6.07, 6.45) is 1.51. The van der Waals surface area contributed by atoms with Crippen LogP contribution in [0.4, 0.5) is 11.4 Å². The van der Waals surface area contributed by atoms with Crippen LogP contribution in [0.5, 0.6) is 0 Å². The van der Waals surface area contributed by atoms with E-state index in [1.165, 1.54) is 30.3 Å². The van der Waals surface area contributed by atoms with Crippen LogP contribution in [0.2, 0.25) is 0 Å². The Morgan fingerprint density at radius 1 is 0.972 bits per heavy atom. The van der Waals surface area contributed by atoms with Crippen LogP contribution < -0.4 is 9.62 Å². The van der Waals surface area contributed by atoms with E-state index in [0.717, 1.165) is 22.5 Å². The van der Waals surface area contributed by atoms with Crippen LogP contribution in [0.1, 0.15) is 35.3 Å². The van der Waals surface area contributed by atoms with Gasteiger partial charge in [0.2, 0.25) is 0 Å². The van der Waals surface area contributed by atoms with Gasteiger partial charge < -0.3 is 9.64 Å². The van der Waals surface area contributed by atoms with Crippen molar-refractivity contribution in [2.75, 3.05) is 23.3 Å². The fraction of sp³-hybridized carbons (Fsp3) is 0.214. The number of sulfonamides is 1. The van der Waals surface area contributed by atoms with Crippen molar-refractivity contribution in [3.63, 3.8) is 0 Å². The standard InChI is InChI=1S/C28H28N2O5S/c1-19-9-13-21(14-10-19)29-36(33,34)23-15-11-20(12-16-23)27(32)35-18-22(31)17-26-28(2,3)24-7-5-6-8-25(24)30(26)4/h5-17,29H,18H2,1-4H3. The number of esters is 1. The fourth-order valence-electron chi connectivity index (χ4n) is 4.28. The second kappa shape index (κ2) is 9.62. The van der Waals surface area contributed by atoms with Crippen molar-refractivity contribution in [3.8, 4) is 0 Å². The first-order valence-electron chi connectivity index (χ1n) is 11.4. The van der Waals surface area contributed by atoms with E-state index in [4.69, 9.17) is 4.74 Å². The average molecular weight is 505 g/mol. The molecule has 7 nitrogen and oxygen atoms in total. The number of carbonyl (C=O) groups excluding carboxylic acids is 2. The van der Waals surface area contributed by atoms with Crippen molar-refractivity contribution in [3.05, 3.63) is 101 Å². The zero-order valence-corrected chi connectivity index (χ0v) is 21.4. The maximum atomic E-state index is 12.6. The Morgan fingerprint density at radius 2 is 1.61 bits per heavy atom. The number of hydrogen-bond acceptors (Lipinski definition) is 6. The lowest BCUT2D eigenvalue weighted by Gasteiger charge is -2.23. The van der Waals surface area contributed by atoms with E-state index in [9.17, 15) is 18.0 Å². The lowest BCUT2D eigenvalue weighted by molar-refractivity contribution is -0.117. The molecule has 1 heterocycles. The molecule has 0 spiro atoms. The molecule has 1 N–H and O–H groups in total. The summed E-state index contributed by atoms with van der Waals surface area (Å²) >= 11 is 0. The van der Waals surface area contributed by atoms with E-state index < -0.39 is 22.6 Å². The van der Waals surface area contributed by atoms with Gasteiger partial charge in [0.25, 0.3) is 10.0 Å². The van der Waals surface area contributed by atoms with Crippen molar-refractivity contribution >= 4 is 33.2 Å². The van der Waals surface area contributed by atoms with Crippen LogP contribution in [0.3, 0.4) is 0 Å². The summed E-state index contributed by atoms with van der Waals surface area (Å²) in [4.78, 5) is 27.1. The molecule has 0 saturated carbocycles. The lowest BCUT2D eigenvalue weighted by Crippen LogP contribution is -2.25. The Bertz CT molecular complexity index is 1440. The smallest absolute Gasteiger partial charge is 0.338 e. The van der Waals surface area contributed by atoms with Gasteiger partial charge in [0.05, 0.1) is 10.5 Å². The number of benzene rings is 3. The molecular weight excluding hydrogens is 476 g/mol. The highest BCUT2D eigenvalue weighted by atomic mass is 32.2. The Morgan fingerprint density at radius 3 is 2.25 bits per heavy atom. The number of anilines is 2. The minimum atomic E-state index is -3.82. The quantitative estimate of drug-likeness (QED) is 0.366. The summed E-state index contributed by atoms with van der Waals surface area (Å²) in [6, 6.07) is 20.3. The molecule has 186 valence electrons. The molecule has 0 aliphatic carbocycles. The third-order valence-corrected chi connectivity index (χ3v) is 7.68. The molecule has 0 amide bonds. The molecule has 3 aromatic carbocycles. The second-order valence-corrected chi connectivity index (χ2v) is 11.0. The predicted octanol–water partition coefficient (Wildman–Crippen LogP) is 4.83. The topological polar surface area (TPSA) is 92.8 Å². The molecule has 8 heteroatoms. The minimum Gasteiger partial charge on any atom is -0.454 e. The van der Waals surface area contributed by atoms with Crippen LogP contribution in [-0.4, -0.2) is 33.8 Å². The van der Waals surface area contributed by atoms with Crippen LogP contribution >= 0.6 is 0 Å². The Balaban J connectivity index is 1.39. The molecule has 0 aromatic heterocycles. The Hall–Kier alpha value is -3.91. The number of para-hydroxylation sites is 1. The number of allylic oxidation sites excluding steroid dienone is 1. The van der Waals surface area contributed by atoms with Crippen molar-refractivity contribution in [1.82, 2.24) is 0 Å². The molecular formula is C28H28N2O5S. The maximum absolute atomic E-state index is 12.6. The van der Waals surface area contributed by atoms with E-state index >= 15 is 0 Å². The SMILES string of the molecule is Cc1ccc(NS(=O)(=O)c2ccc(C(=O)OCC(=O)C=C3N(C)c4ccccc4C3(C)C)cc2)cc1. The Kier molecular flexibility index (Phi) is 6.73. The molecule has 36 heavy (non-hydrogen) atoms. The highest BCUT2D eigenvalue weighted by Gasteiger charge is 2.38. The van der Waals surface area contributed by atoms with Gasteiger partial charge in [-0.15, -0.1) is 0 Å². The van der Waals surface area contributed by atoms with Gasteiger partial charge in [-0.1, -0.05) is 49.7 Å². The van der Waals surface area contributed by atoms with Gasteiger partial charge in [-0.25, -0.2) is 13.2 Å². The molecule has 0 saturated heterocycles. The number of nitrogens with one attached hydrogen (secondary N) is 1. The average Bonchev–Trinajstić information content (AvgIpc) is 3.04. The van der Waals surface area contributed by atoms with Crippen LogP contribution in [0, 0.1) is 6.92 Å². The number of likely N-dealkylation sites (N-methyl/N-ethyl adjacent to an activating group) is 1. The number of fused-ring (bicyclic) bond motifs is 1. The van der Waals surface area contributed by atoms with E-state index in [1.807, 2.05) is 57.0 Å². The minimum absolute atomic E-state index is 0.00602. The molecule has 0 bridgehead atoms. The van der Waals surface area contributed by atoms with Gasteiger partial charge in [0.15, 0.2) is 12.4 Å². The van der Waals surface area contributed by atoms with Crippen molar-refractivity contribution in [1.29, 1.82) is 0 Å². The van der Waals surface area contributed by atoms with E-state index in [2.05, 4.69) is 4.72 Å². The monoisotopic (exact) mass is 504 g/mol. The Labute approximate surface area is 211 Å². The van der Waals surface area contributed by atoms with Gasteiger partial charge in [0.1, 0.15) is 0 Å². The third-order valence-electron chi connectivity index (χ3n) is 6.29. The number of aryl methyl sites for hydroxylation is 1. The van der Waals surface area contributed by atoms with Gasteiger partial charge in [-0.05, 0) is 55.0 Å². The number of ketones is 1. The molecule has 4 rings (SSSR count). The first kappa shape index (κ1) is 25.2. The van der Waals surface area contributed by atoms with E-state index in [1.54, 1.807) is 24.3 Å². The van der Waals surface area contributed by atoms with Crippen LogP contribution in [0.25, 0.3) is 0 Å². The molecule has 0 unspecified atom stereocenters. The highest BCUT2D eigenvalue weighted by molar-refractivity contribution is 7.92. The number of hydrogen-bond donors (Lipinski definition) is 1. The van der Waals surface area contributed by atoms with Crippen molar-refractivity contribution in [2.45, 2.75) is 31.1 Å². The van der Waals surface area contributed by atoms with Crippen molar-refractivity contribution < 1.29 is 22.7 Å². The second-order valence-electron chi connectivity index (χ2n) is 9.27. The van der Waals surface area contributed by atoms with Gasteiger partial charge in [-0.2, -0.15) is 0 Å². The summed E-state index contributed by atoms with van der Waals surface area (Å²) in [6.45, 7) is 5.58. The summed E-state index contributed by atoms with van der Waals surface area (Å²) in [5.41, 5.74) is 4.21. The largest absolute Gasteiger partial charge is 0.454 e. The normalized spacial score (nSPS) is 15.4. The number of rotatable bonds is 7. The van der Waals surface area contributed by atoms with E-state index in [0.29, 0.717) is 5.69 Å². The number of ether oxygens (including phenoxy) is 1.